The first-order valence-electron chi connectivity index (χ1n) is 8.69. The fraction of sp³-hybridized carbons (Fsp3) is 0.333. The van der Waals surface area contributed by atoms with Gasteiger partial charge in [0.05, 0.1) is 13.2 Å². The summed E-state index contributed by atoms with van der Waals surface area (Å²) in [7, 11) is 1.49. The van der Waals surface area contributed by atoms with Crippen LogP contribution in [-0.2, 0) is 4.79 Å². The molecule has 6 nitrogen and oxygen atoms in total. The van der Waals surface area contributed by atoms with Crippen LogP contribution in [0, 0.1) is 13.8 Å². The smallest absolute Gasteiger partial charge is 0.330 e. The van der Waals surface area contributed by atoms with E-state index < -0.39 is 17.9 Å². The van der Waals surface area contributed by atoms with Gasteiger partial charge in [0.1, 0.15) is 0 Å². The third-order valence-electron chi connectivity index (χ3n) is 4.27. The summed E-state index contributed by atoms with van der Waals surface area (Å²) in [6.07, 6.45) is -0.0423. The van der Waals surface area contributed by atoms with Crippen molar-refractivity contribution in [1.82, 2.24) is 5.32 Å². The van der Waals surface area contributed by atoms with E-state index in [4.69, 9.17) is 9.47 Å². The zero-order valence-corrected chi connectivity index (χ0v) is 16.2. The lowest BCUT2D eigenvalue weighted by Crippen LogP contribution is -2.34. The van der Waals surface area contributed by atoms with E-state index in [9.17, 15) is 14.7 Å². The van der Waals surface area contributed by atoms with E-state index in [0.29, 0.717) is 22.6 Å². The molecule has 0 aliphatic carbocycles. The van der Waals surface area contributed by atoms with Crippen LogP contribution in [-0.4, -0.2) is 30.2 Å². The minimum atomic E-state index is -1.14. The number of rotatable bonds is 7. The summed E-state index contributed by atoms with van der Waals surface area (Å²) in [5, 5.41) is 12.2. The molecule has 0 aromatic heterocycles. The lowest BCUT2D eigenvalue weighted by atomic mass is 9.97. The van der Waals surface area contributed by atoms with E-state index in [0.717, 1.165) is 11.1 Å². The molecule has 0 fully saturated rings. The van der Waals surface area contributed by atoms with Gasteiger partial charge in [0, 0.05) is 5.56 Å². The van der Waals surface area contributed by atoms with Crippen molar-refractivity contribution in [1.29, 1.82) is 0 Å². The minimum Gasteiger partial charge on any atom is -0.493 e. The molecule has 0 bridgehead atoms. The van der Waals surface area contributed by atoms with Gasteiger partial charge in [-0.15, -0.1) is 0 Å². The Morgan fingerprint density at radius 3 is 2.37 bits per heavy atom. The Bertz CT molecular complexity index is 844. The number of carboxylic acids is 1. The number of benzene rings is 2. The molecule has 0 aliphatic rings. The molecular formula is C21H25NO5. The van der Waals surface area contributed by atoms with Crippen LogP contribution in [0.5, 0.6) is 11.5 Å². The summed E-state index contributed by atoms with van der Waals surface area (Å²) < 4.78 is 10.9. The van der Waals surface area contributed by atoms with Gasteiger partial charge in [-0.05, 0) is 62.6 Å². The molecule has 2 aromatic carbocycles. The highest BCUT2D eigenvalue weighted by molar-refractivity contribution is 5.97. The van der Waals surface area contributed by atoms with Crippen LogP contribution in [0.2, 0.25) is 0 Å². The molecular weight excluding hydrogens is 346 g/mol. The first-order valence-corrected chi connectivity index (χ1v) is 8.69. The molecule has 6 heteroatoms. The Hall–Kier alpha value is -3.02. The van der Waals surface area contributed by atoms with Crippen LogP contribution in [0.1, 0.15) is 46.9 Å². The predicted molar refractivity (Wildman–Crippen MR) is 103 cm³/mol. The van der Waals surface area contributed by atoms with Crippen molar-refractivity contribution in [3.05, 3.63) is 58.7 Å². The summed E-state index contributed by atoms with van der Waals surface area (Å²) in [6, 6.07) is 9.00. The largest absolute Gasteiger partial charge is 0.493 e. The molecule has 0 aliphatic heterocycles. The van der Waals surface area contributed by atoms with Gasteiger partial charge in [-0.2, -0.15) is 0 Å². The van der Waals surface area contributed by atoms with E-state index in [-0.39, 0.29) is 6.10 Å². The molecule has 144 valence electrons. The standard InChI is InChI=1S/C21H25NO5/c1-12(2)27-17-10-9-15(11-18(17)26-5)20(23)22-19(21(24)25)16-8-6-7-13(3)14(16)4/h6-12,19H,1-5H3,(H,22,23)(H,24,25). The molecule has 0 saturated heterocycles. The SMILES string of the molecule is COc1cc(C(=O)NC(C(=O)O)c2cccc(C)c2C)ccc1OC(C)C. The van der Waals surface area contributed by atoms with Gasteiger partial charge in [-0.1, -0.05) is 18.2 Å². The van der Waals surface area contributed by atoms with Gasteiger partial charge in [0.2, 0.25) is 0 Å². The maximum Gasteiger partial charge on any atom is 0.330 e. The molecule has 0 radical (unpaired) electrons. The molecule has 0 spiro atoms. The van der Waals surface area contributed by atoms with Crippen molar-refractivity contribution in [3.63, 3.8) is 0 Å². The van der Waals surface area contributed by atoms with Crippen LogP contribution >= 0.6 is 0 Å². The van der Waals surface area contributed by atoms with Crippen molar-refractivity contribution in [2.75, 3.05) is 7.11 Å². The van der Waals surface area contributed by atoms with Crippen molar-refractivity contribution in [2.45, 2.75) is 39.8 Å². The second-order valence-electron chi connectivity index (χ2n) is 6.57. The minimum absolute atomic E-state index is 0.0423. The normalized spacial score (nSPS) is 11.8. The second-order valence-corrected chi connectivity index (χ2v) is 6.57. The molecule has 1 amide bonds. The number of carbonyl (C=O) groups is 2. The Morgan fingerprint density at radius 1 is 1.07 bits per heavy atom. The fourth-order valence-corrected chi connectivity index (χ4v) is 2.73. The molecule has 0 saturated carbocycles. The first-order chi connectivity index (χ1) is 12.7. The maximum atomic E-state index is 12.7. The maximum absolute atomic E-state index is 12.7. The molecule has 1 atom stereocenters. The average molecular weight is 371 g/mol. The second kappa shape index (κ2) is 8.58. The Labute approximate surface area is 159 Å². The number of nitrogens with one attached hydrogen (secondary N) is 1. The van der Waals surface area contributed by atoms with E-state index in [2.05, 4.69) is 5.32 Å². The Balaban J connectivity index is 2.30. The predicted octanol–water partition coefficient (Wildman–Crippen LogP) is 3.65. The molecule has 0 heterocycles. The average Bonchev–Trinajstić information content (AvgIpc) is 2.61. The lowest BCUT2D eigenvalue weighted by molar-refractivity contribution is -0.139. The van der Waals surface area contributed by atoms with Crippen LogP contribution in [0.15, 0.2) is 36.4 Å². The number of amides is 1. The van der Waals surface area contributed by atoms with Crippen molar-refractivity contribution >= 4 is 11.9 Å². The first kappa shape index (κ1) is 20.3. The number of aryl methyl sites for hydroxylation is 1. The Kier molecular flexibility index (Phi) is 6.45. The van der Waals surface area contributed by atoms with Gasteiger partial charge in [0.25, 0.3) is 5.91 Å². The molecule has 2 N–H and O–H groups in total. The third kappa shape index (κ3) is 4.78. The molecule has 27 heavy (non-hydrogen) atoms. The highest BCUT2D eigenvalue weighted by Crippen LogP contribution is 2.29. The zero-order valence-electron chi connectivity index (χ0n) is 16.2. The highest BCUT2D eigenvalue weighted by atomic mass is 16.5. The number of hydrogen-bond acceptors (Lipinski definition) is 4. The monoisotopic (exact) mass is 371 g/mol. The van der Waals surface area contributed by atoms with E-state index in [1.54, 1.807) is 24.3 Å². The quantitative estimate of drug-likeness (QED) is 0.776. The van der Waals surface area contributed by atoms with Crippen molar-refractivity contribution in [2.24, 2.45) is 0 Å². The van der Waals surface area contributed by atoms with Gasteiger partial charge in [-0.25, -0.2) is 4.79 Å². The van der Waals surface area contributed by atoms with Gasteiger partial charge in [0.15, 0.2) is 17.5 Å². The van der Waals surface area contributed by atoms with Crippen LogP contribution < -0.4 is 14.8 Å². The number of carbonyl (C=O) groups excluding carboxylic acids is 1. The number of aliphatic carboxylic acids is 1. The summed E-state index contributed by atoms with van der Waals surface area (Å²) in [5.74, 6) is -0.690. The van der Waals surface area contributed by atoms with Gasteiger partial charge in [-0.3, -0.25) is 4.79 Å². The van der Waals surface area contributed by atoms with E-state index in [1.807, 2.05) is 33.8 Å². The molecule has 2 aromatic rings. The summed E-state index contributed by atoms with van der Waals surface area (Å²) in [5.41, 5.74) is 2.65. The van der Waals surface area contributed by atoms with Crippen LogP contribution in [0.3, 0.4) is 0 Å². The fourth-order valence-electron chi connectivity index (χ4n) is 2.73. The highest BCUT2D eigenvalue weighted by Gasteiger charge is 2.25. The number of methoxy groups -OCH3 is 1. The molecule has 2 rings (SSSR count). The van der Waals surface area contributed by atoms with E-state index >= 15 is 0 Å². The summed E-state index contributed by atoms with van der Waals surface area (Å²) in [4.78, 5) is 24.4. The van der Waals surface area contributed by atoms with Crippen molar-refractivity contribution < 1.29 is 24.2 Å². The number of hydrogen-bond donors (Lipinski definition) is 2. The number of carboxylic acid groups (broad SMARTS) is 1. The summed E-state index contributed by atoms with van der Waals surface area (Å²) >= 11 is 0. The third-order valence-corrected chi connectivity index (χ3v) is 4.27. The van der Waals surface area contributed by atoms with Crippen LogP contribution in [0.25, 0.3) is 0 Å². The van der Waals surface area contributed by atoms with Gasteiger partial charge >= 0.3 is 5.97 Å². The number of ether oxygens (including phenoxy) is 2. The van der Waals surface area contributed by atoms with Crippen molar-refractivity contribution in [3.8, 4) is 11.5 Å². The lowest BCUT2D eigenvalue weighted by Gasteiger charge is -2.19. The molecule has 1 unspecified atom stereocenters. The zero-order chi connectivity index (χ0) is 20.1. The Morgan fingerprint density at radius 2 is 1.78 bits per heavy atom. The summed E-state index contributed by atoms with van der Waals surface area (Å²) in [6.45, 7) is 7.52. The topological polar surface area (TPSA) is 84.9 Å². The van der Waals surface area contributed by atoms with E-state index in [1.165, 1.54) is 13.2 Å². The van der Waals surface area contributed by atoms with Gasteiger partial charge < -0.3 is 19.9 Å². The van der Waals surface area contributed by atoms with Crippen LogP contribution in [0.4, 0.5) is 0 Å².